The first-order valence-corrected chi connectivity index (χ1v) is 7.67. The van der Waals surface area contributed by atoms with Crippen molar-refractivity contribution >= 4 is 0 Å². The second-order valence-corrected chi connectivity index (χ2v) is 7.98. The van der Waals surface area contributed by atoms with Gasteiger partial charge in [-0.25, -0.2) is 4.98 Å². The normalized spacial score (nSPS) is 32.4. The molecule has 112 valence electrons. The van der Waals surface area contributed by atoms with Crippen molar-refractivity contribution in [3.05, 3.63) is 30.4 Å². The van der Waals surface area contributed by atoms with E-state index >= 15 is 0 Å². The summed E-state index contributed by atoms with van der Waals surface area (Å²) in [5.41, 5.74) is 1.05. The largest absolute Gasteiger partial charge is 0.339 e. The van der Waals surface area contributed by atoms with Gasteiger partial charge in [-0.05, 0) is 37.0 Å². The SMILES string of the molecule is CC(c1noc(C23CC(C(C)(C)C)(C2)C3)n1)n1ccnc1. The summed E-state index contributed by atoms with van der Waals surface area (Å²) in [7, 11) is 0. The molecule has 0 aromatic carbocycles. The van der Waals surface area contributed by atoms with E-state index in [1.54, 1.807) is 12.5 Å². The van der Waals surface area contributed by atoms with Crippen LogP contribution in [0.4, 0.5) is 0 Å². The molecule has 21 heavy (non-hydrogen) atoms. The molecule has 5 nitrogen and oxygen atoms in total. The Morgan fingerprint density at radius 3 is 2.57 bits per heavy atom. The highest BCUT2D eigenvalue weighted by molar-refractivity contribution is 5.31. The molecule has 5 heteroatoms. The first-order valence-electron chi connectivity index (χ1n) is 7.67. The summed E-state index contributed by atoms with van der Waals surface area (Å²) in [6.45, 7) is 9.10. The Hall–Kier alpha value is -1.65. The van der Waals surface area contributed by atoms with Crippen LogP contribution in [0.5, 0.6) is 0 Å². The zero-order chi connectivity index (χ0) is 14.9. The van der Waals surface area contributed by atoms with Crippen molar-refractivity contribution in [3.63, 3.8) is 0 Å². The van der Waals surface area contributed by atoms with Crippen LogP contribution in [-0.4, -0.2) is 19.7 Å². The molecule has 1 atom stereocenters. The molecule has 0 aliphatic heterocycles. The van der Waals surface area contributed by atoms with Crippen LogP contribution in [0.3, 0.4) is 0 Å². The summed E-state index contributed by atoms with van der Waals surface area (Å²) in [5.74, 6) is 1.59. The molecule has 0 amide bonds. The number of hydrogen-bond donors (Lipinski definition) is 0. The zero-order valence-electron chi connectivity index (χ0n) is 13.1. The molecule has 3 fully saturated rings. The van der Waals surface area contributed by atoms with Gasteiger partial charge in [0.2, 0.25) is 5.89 Å². The van der Waals surface area contributed by atoms with Gasteiger partial charge >= 0.3 is 0 Å². The van der Waals surface area contributed by atoms with Gasteiger partial charge in [0.1, 0.15) is 0 Å². The first-order chi connectivity index (χ1) is 9.85. The molecule has 3 saturated carbocycles. The minimum Gasteiger partial charge on any atom is -0.339 e. The van der Waals surface area contributed by atoms with Gasteiger partial charge in [0.05, 0.1) is 17.8 Å². The van der Waals surface area contributed by atoms with E-state index in [9.17, 15) is 0 Å². The van der Waals surface area contributed by atoms with Crippen LogP contribution in [0.1, 0.15) is 64.7 Å². The third-order valence-corrected chi connectivity index (χ3v) is 5.86. The minimum atomic E-state index is 0.0638. The number of nitrogens with zero attached hydrogens (tertiary/aromatic N) is 4. The average Bonchev–Trinajstić information content (AvgIpc) is 2.93. The fourth-order valence-electron chi connectivity index (χ4n) is 4.06. The van der Waals surface area contributed by atoms with Gasteiger partial charge in [0, 0.05) is 12.4 Å². The molecule has 2 aromatic rings. The van der Waals surface area contributed by atoms with Crippen molar-refractivity contribution in [2.45, 2.75) is 58.4 Å². The van der Waals surface area contributed by atoms with Crippen molar-refractivity contribution in [2.75, 3.05) is 0 Å². The van der Waals surface area contributed by atoms with Crippen molar-refractivity contribution in [1.29, 1.82) is 0 Å². The van der Waals surface area contributed by atoms with Gasteiger partial charge in [0.15, 0.2) is 5.82 Å². The van der Waals surface area contributed by atoms with Crippen molar-refractivity contribution in [1.82, 2.24) is 19.7 Å². The standard InChI is InChI=1S/C16H22N4O/c1-11(20-6-5-17-10-20)12-18-13(21-19-12)15-7-16(8-15,9-15)14(2,3)4/h5-6,10-11H,7-9H2,1-4H3. The van der Waals surface area contributed by atoms with Crippen LogP contribution in [-0.2, 0) is 5.41 Å². The quantitative estimate of drug-likeness (QED) is 0.868. The fraction of sp³-hybridized carbons (Fsp3) is 0.688. The zero-order valence-corrected chi connectivity index (χ0v) is 13.1. The predicted octanol–water partition coefficient (Wildman–Crippen LogP) is 3.34. The molecule has 0 saturated heterocycles. The average molecular weight is 286 g/mol. The monoisotopic (exact) mass is 286 g/mol. The number of rotatable bonds is 3. The lowest BCUT2D eigenvalue weighted by molar-refractivity contribution is -0.219. The van der Waals surface area contributed by atoms with Gasteiger partial charge in [-0.15, -0.1) is 0 Å². The lowest BCUT2D eigenvalue weighted by atomic mass is 9.29. The third kappa shape index (κ3) is 1.60. The molecule has 1 unspecified atom stereocenters. The van der Waals surface area contributed by atoms with Crippen LogP contribution >= 0.6 is 0 Å². The van der Waals surface area contributed by atoms with E-state index < -0.39 is 0 Å². The highest BCUT2D eigenvalue weighted by Gasteiger charge is 2.74. The topological polar surface area (TPSA) is 56.7 Å². The van der Waals surface area contributed by atoms with E-state index in [0.717, 1.165) is 11.7 Å². The van der Waals surface area contributed by atoms with Crippen LogP contribution in [0.2, 0.25) is 0 Å². The Kier molecular flexibility index (Phi) is 2.33. The highest BCUT2D eigenvalue weighted by atomic mass is 16.5. The number of hydrogen-bond acceptors (Lipinski definition) is 4. The van der Waals surface area contributed by atoms with E-state index in [4.69, 9.17) is 4.52 Å². The van der Waals surface area contributed by atoms with E-state index in [-0.39, 0.29) is 11.5 Å². The highest BCUT2D eigenvalue weighted by Crippen LogP contribution is 2.78. The summed E-state index contributed by atoms with van der Waals surface area (Å²) in [6.07, 6.45) is 9.08. The minimum absolute atomic E-state index is 0.0638. The lowest BCUT2D eigenvalue weighted by Crippen LogP contribution is -2.69. The van der Waals surface area contributed by atoms with Crippen LogP contribution in [0, 0.1) is 10.8 Å². The lowest BCUT2D eigenvalue weighted by Gasteiger charge is -2.74. The van der Waals surface area contributed by atoms with Gasteiger partial charge in [-0.3, -0.25) is 0 Å². The first kappa shape index (κ1) is 13.0. The summed E-state index contributed by atoms with van der Waals surface area (Å²) in [6, 6.07) is 0.0638. The van der Waals surface area contributed by atoms with E-state index in [1.807, 2.05) is 10.8 Å². The molecular formula is C16H22N4O. The molecule has 2 heterocycles. The Bertz CT molecular complexity index is 645. The second kappa shape index (κ2) is 3.76. The van der Waals surface area contributed by atoms with E-state index in [1.165, 1.54) is 19.3 Å². The van der Waals surface area contributed by atoms with Gasteiger partial charge < -0.3 is 9.09 Å². The van der Waals surface area contributed by atoms with Crippen molar-refractivity contribution in [2.24, 2.45) is 10.8 Å². The molecule has 0 radical (unpaired) electrons. The smallest absolute Gasteiger partial charge is 0.233 e. The van der Waals surface area contributed by atoms with Crippen LogP contribution in [0.25, 0.3) is 0 Å². The number of imidazole rings is 1. The molecule has 2 bridgehead atoms. The number of aromatic nitrogens is 4. The predicted molar refractivity (Wildman–Crippen MR) is 77.8 cm³/mol. The van der Waals surface area contributed by atoms with E-state index in [0.29, 0.717) is 10.8 Å². The summed E-state index contributed by atoms with van der Waals surface area (Å²) in [5, 5.41) is 4.20. The molecule has 0 spiro atoms. The van der Waals surface area contributed by atoms with Crippen molar-refractivity contribution < 1.29 is 4.52 Å². The molecule has 2 aromatic heterocycles. The fourth-order valence-corrected chi connectivity index (χ4v) is 4.06. The van der Waals surface area contributed by atoms with Crippen LogP contribution < -0.4 is 0 Å². The molecule has 0 N–H and O–H groups in total. The maximum absolute atomic E-state index is 5.59. The summed E-state index contributed by atoms with van der Waals surface area (Å²) < 4.78 is 7.58. The summed E-state index contributed by atoms with van der Waals surface area (Å²) in [4.78, 5) is 8.76. The maximum Gasteiger partial charge on any atom is 0.233 e. The Morgan fingerprint density at radius 2 is 2.00 bits per heavy atom. The third-order valence-electron chi connectivity index (χ3n) is 5.86. The maximum atomic E-state index is 5.59. The van der Waals surface area contributed by atoms with Gasteiger partial charge in [-0.2, -0.15) is 4.98 Å². The van der Waals surface area contributed by atoms with Crippen LogP contribution in [0.15, 0.2) is 23.2 Å². The van der Waals surface area contributed by atoms with Crippen molar-refractivity contribution in [3.8, 4) is 0 Å². The molecular weight excluding hydrogens is 264 g/mol. The molecule has 5 rings (SSSR count). The molecule has 3 aliphatic rings. The van der Waals surface area contributed by atoms with Gasteiger partial charge in [0.25, 0.3) is 0 Å². The Labute approximate surface area is 124 Å². The van der Waals surface area contributed by atoms with E-state index in [2.05, 4.69) is 42.8 Å². The second-order valence-electron chi connectivity index (χ2n) is 7.98. The summed E-state index contributed by atoms with van der Waals surface area (Å²) >= 11 is 0. The molecule has 3 aliphatic carbocycles. The Balaban J connectivity index is 1.53. The Morgan fingerprint density at radius 1 is 1.29 bits per heavy atom. The van der Waals surface area contributed by atoms with Gasteiger partial charge in [-0.1, -0.05) is 25.9 Å².